The van der Waals surface area contributed by atoms with Crippen molar-refractivity contribution < 1.29 is 4.79 Å². The minimum absolute atomic E-state index is 0.0570. The van der Waals surface area contributed by atoms with Gasteiger partial charge in [-0.2, -0.15) is 0 Å². The van der Waals surface area contributed by atoms with Crippen molar-refractivity contribution in [2.75, 3.05) is 7.05 Å². The van der Waals surface area contributed by atoms with Gasteiger partial charge in [0.05, 0.1) is 17.7 Å². The summed E-state index contributed by atoms with van der Waals surface area (Å²) in [6, 6.07) is 1.99. The summed E-state index contributed by atoms with van der Waals surface area (Å²) in [6.07, 6.45) is 0. The van der Waals surface area contributed by atoms with Crippen LogP contribution >= 0.6 is 22.7 Å². The van der Waals surface area contributed by atoms with Gasteiger partial charge in [0.2, 0.25) is 0 Å². The Labute approximate surface area is 121 Å². The molecule has 0 saturated heterocycles. The third kappa shape index (κ3) is 3.54. The van der Waals surface area contributed by atoms with Crippen LogP contribution in [0, 0.1) is 13.8 Å². The van der Waals surface area contributed by atoms with Crippen molar-refractivity contribution >= 4 is 28.7 Å². The van der Waals surface area contributed by atoms with Gasteiger partial charge in [-0.25, -0.2) is 9.78 Å². The molecular formula is C13H17N3OS2. The molecule has 0 aromatic carbocycles. The van der Waals surface area contributed by atoms with Crippen molar-refractivity contribution in [2.24, 2.45) is 0 Å². The summed E-state index contributed by atoms with van der Waals surface area (Å²) in [5.41, 5.74) is 3.99. The Balaban J connectivity index is 1.86. The summed E-state index contributed by atoms with van der Waals surface area (Å²) in [4.78, 5) is 20.2. The molecule has 0 spiro atoms. The largest absolute Gasteiger partial charge is 0.334 e. The topological polar surface area (TPSA) is 45.2 Å². The first-order chi connectivity index (χ1) is 9.08. The van der Waals surface area contributed by atoms with E-state index in [-0.39, 0.29) is 6.03 Å². The highest BCUT2D eigenvalue weighted by Crippen LogP contribution is 2.16. The standard InChI is InChI=1S/C13H17N3OS2/c1-9-12(19-8-15-9)7-16(3)13(17)14-6-11-4-5-18-10(11)2/h4-5,8H,6-7H2,1-3H3,(H,14,17). The van der Waals surface area contributed by atoms with Crippen molar-refractivity contribution in [3.63, 3.8) is 0 Å². The van der Waals surface area contributed by atoms with Gasteiger partial charge in [0.25, 0.3) is 0 Å². The quantitative estimate of drug-likeness (QED) is 0.941. The lowest BCUT2D eigenvalue weighted by Gasteiger charge is -2.17. The zero-order valence-corrected chi connectivity index (χ0v) is 12.9. The first kappa shape index (κ1) is 14.0. The van der Waals surface area contributed by atoms with Gasteiger partial charge in [0.1, 0.15) is 0 Å². The van der Waals surface area contributed by atoms with E-state index >= 15 is 0 Å². The molecule has 0 aliphatic heterocycles. The van der Waals surface area contributed by atoms with Crippen LogP contribution in [-0.4, -0.2) is 23.0 Å². The summed E-state index contributed by atoms with van der Waals surface area (Å²) in [5.74, 6) is 0. The highest BCUT2D eigenvalue weighted by atomic mass is 32.1. The number of nitrogens with zero attached hydrogens (tertiary/aromatic N) is 2. The first-order valence-electron chi connectivity index (χ1n) is 5.99. The second-order valence-electron chi connectivity index (χ2n) is 4.38. The SMILES string of the molecule is Cc1ncsc1CN(C)C(=O)NCc1ccsc1C. The van der Waals surface area contributed by atoms with Crippen LogP contribution < -0.4 is 5.32 Å². The maximum Gasteiger partial charge on any atom is 0.317 e. The average Bonchev–Trinajstić information content (AvgIpc) is 2.96. The number of aryl methyl sites for hydroxylation is 2. The maximum atomic E-state index is 12.0. The molecule has 4 nitrogen and oxygen atoms in total. The number of thiophene rings is 1. The number of aromatic nitrogens is 1. The van der Waals surface area contributed by atoms with E-state index in [1.165, 1.54) is 10.4 Å². The second-order valence-corrected chi connectivity index (χ2v) is 6.44. The zero-order chi connectivity index (χ0) is 13.8. The number of amides is 2. The summed E-state index contributed by atoms with van der Waals surface area (Å²) in [5, 5.41) is 4.98. The summed E-state index contributed by atoms with van der Waals surface area (Å²) in [6.45, 7) is 5.22. The van der Waals surface area contributed by atoms with Crippen molar-refractivity contribution in [3.05, 3.63) is 38.0 Å². The number of hydrogen-bond acceptors (Lipinski definition) is 4. The van der Waals surface area contributed by atoms with E-state index in [0.717, 1.165) is 10.6 Å². The van der Waals surface area contributed by atoms with Gasteiger partial charge < -0.3 is 10.2 Å². The maximum absolute atomic E-state index is 12.0. The average molecular weight is 295 g/mol. The number of nitrogens with one attached hydrogen (secondary N) is 1. The Morgan fingerprint density at radius 1 is 1.42 bits per heavy atom. The Kier molecular flexibility index (Phi) is 4.55. The monoisotopic (exact) mass is 295 g/mol. The van der Waals surface area contributed by atoms with Crippen LogP contribution in [0.25, 0.3) is 0 Å². The highest BCUT2D eigenvalue weighted by molar-refractivity contribution is 7.10. The van der Waals surface area contributed by atoms with E-state index < -0.39 is 0 Å². The zero-order valence-electron chi connectivity index (χ0n) is 11.3. The molecule has 6 heteroatoms. The molecule has 2 aromatic heterocycles. The van der Waals surface area contributed by atoms with E-state index in [1.807, 2.05) is 23.9 Å². The van der Waals surface area contributed by atoms with Crippen molar-refractivity contribution in [1.29, 1.82) is 0 Å². The molecule has 1 N–H and O–H groups in total. The Morgan fingerprint density at radius 2 is 2.21 bits per heavy atom. The number of urea groups is 1. The van der Waals surface area contributed by atoms with Crippen molar-refractivity contribution in [3.8, 4) is 0 Å². The van der Waals surface area contributed by atoms with Gasteiger partial charge in [-0.15, -0.1) is 22.7 Å². The third-order valence-corrected chi connectivity index (χ3v) is 4.78. The molecule has 0 fully saturated rings. The predicted molar refractivity (Wildman–Crippen MR) is 79.6 cm³/mol. The molecule has 2 heterocycles. The van der Waals surface area contributed by atoms with E-state index in [4.69, 9.17) is 0 Å². The van der Waals surface area contributed by atoms with Crippen LogP contribution in [0.2, 0.25) is 0 Å². The van der Waals surface area contributed by atoms with Crippen molar-refractivity contribution in [1.82, 2.24) is 15.2 Å². The lowest BCUT2D eigenvalue weighted by atomic mass is 10.3. The summed E-state index contributed by atoms with van der Waals surface area (Å²) in [7, 11) is 1.80. The van der Waals surface area contributed by atoms with Crippen LogP contribution in [0.15, 0.2) is 17.0 Å². The van der Waals surface area contributed by atoms with Crippen LogP contribution in [0.3, 0.4) is 0 Å². The predicted octanol–water partition coefficient (Wildman–Crippen LogP) is 3.16. The van der Waals surface area contributed by atoms with Gasteiger partial charge in [-0.1, -0.05) is 0 Å². The van der Waals surface area contributed by atoms with Crippen molar-refractivity contribution in [2.45, 2.75) is 26.9 Å². The number of rotatable bonds is 4. The number of carbonyl (C=O) groups excluding carboxylic acids is 1. The number of hydrogen-bond donors (Lipinski definition) is 1. The van der Waals surface area contributed by atoms with E-state index in [1.54, 1.807) is 34.6 Å². The molecule has 0 unspecified atom stereocenters. The lowest BCUT2D eigenvalue weighted by molar-refractivity contribution is 0.207. The number of thiazole rings is 1. The minimum Gasteiger partial charge on any atom is -0.334 e. The Hall–Kier alpha value is -1.40. The van der Waals surface area contributed by atoms with Crippen LogP contribution in [0.4, 0.5) is 4.79 Å². The Morgan fingerprint density at radius 3 is 2.79 bits per heavy atom. The van der Waals surface area contributed by atoms with E-state index in [9.17, 15) is 4.79 Å². The summed E-state index contributed by atoms with van der Waals surface area (Å²) >= 11 is 3.28. The van der Waals surface area contributed by atoms with Crippen LogP contribution in [0.1, 0.15) is 21.0 Å². The van der Waals surface area contributed by atoms with Gasteiger partial charge in [0, 0.05) is 23.3 Å². The molecule has 2 aromatic rings. The molecule has 102 valence electrons. The summed E-state index contributed by atoms with van der Waals surface area (Å²) < 4.78 is 0. The molecule has 0 aliphatic rings. The molecular weight excluding hydrogens is 278 g/mol. The molecule has 0 bridgehead atoms. The molecule has 0 aliphatic carbocycles. The van der Waals surface area contributed by atoms with Crippen LogP contribution in [-0.2, 0) is 13.1 Å². The third-order valence-electron chi connectivity index (χ3n) is 2.97. The normalized spacial score (nSPS) is 10.5. The molecule has 0 atom stereocenters. The van der Waals surface area contributed by atoms with Gasteiger partial charge >= 0.3 is 6.03 Å². The fourth-order valence-electron chi connectivity index (χ4n) is 1.67. The smallest absolute Gasteiger partial charge is 0.317 e. The minimum atomic E-state index is -0.0570. The second kappa shape index (κ2) is 6.16. The van der Waals surface area contributed by atoms with E-state index in [2.05, 4.69) is 17.2 Å². The highest BCUT2D eigenvalue weighted by Gasteiger charge is 2.12. The molecule has 0 saturated carbocycles. The molecule has 2 rings (SSSR count). The fraction of sp³-hybridized carbons (Fsp3) is 0.385. The van der Waals surface area contributed by atoms with Gasteiger partial charge in [-0.3, -0.25) is 0 Å². The molecule has 2 amide bonds. The lowest BCUT2D eigenvalue weighted by Crippen LogP contribution is -2.36. The van der Waals surface area contributed by atoms with Gasteiger partial charge in [0.15, 0.2) is 0 Å². The van der Waals surface area contributed by atoms with Crippen LogP contribution in [0.5, 0.6) is 0 Å². The van der Waals surface area contributed by atoms with E-state index in [0.29, 0.717) is 13.1 Å². The first-order valence-corrected chi connectivity index (χ1v) is 7.74. The molecule has 0 radical (unpaired) electrons. The number of carbonyl (C=O) groups is 1. The molecule has 19 heavy (non-hydrogen) atoms. The fourth-order valence-corrected chi connectivity index (χ4v) is 3.22. The Bertz CT molecular complexity index is 562. The van der Waals surface area contributed by atoms with Gasteiger partial charge in [-0.05, 0) is 30.9 Å².